The molecule has 0 saturated heterocycles. The molecule has 2 heterocycles. The molecule has 0 amide bonds. The number of nitrogens with zero attached hydrogens (tertiary/aromatic N) is 2. The number of aromatic nitrogens is 2. The molecular weight excluding hydrogens is 210 g/mol. The zero-order valence-electron chi connectivity index (χ0n) is 8.78. The zero-order chi connectivity index (χ0) is 10.7. The highest BCUT2D eigenvalue weighted by Crippen LogP contribution is 2.11. The number of nitrogens with one attached hydrogen (secondary N) is 1. The Kier molecular flexibility index (Phi) is 3.13. The van der Waals surface area contributed by atoms with Gasteiger partial charge >= 0.3 is 0 Å². The molecule has 0 radical (unpaired) electrons. The summed E-state index contributed by atoms with van der Waals surface area (Å²) >= 11 is 1.67. The van der Waals surface area contributed by atoms with Crippen molar-refractivity contribution < 1.29 is 4.52 Å². The Morgan fingerprint density at radius 3 is 2.87 bits per heavy atom. The topological polar surface area (TPSA) is 51.0 Å². The van der Waals surface area contributed by atoms with E-state index >= 15 is 0 Å². The van der Waals surface area contributed by atoms with Crippen molar-refractivity contribution in [1.29, 1.82) is 0 Å². The van der Waals surface area contributed by atoms with Gasteiger partial charge in [-0.15, -0.1) is 11.3 Å². The van der Waals surface area contributed by atoms with Crippen LogP contribution < -0.4 is 5.32 Å². The van der Waals surface area contributed by atoms with Gasteiger partial charge in [-0.2, -0.15) is 0 Å². The second kappa shape index (κ2) is 4.55. The average molecular weight is 223 g/mol. The molecule has 0 unspecified atom stereocenters. The number of hydrogen-bond acceptors (Lipinski definition) is 5. The van der Waals surface area contributed by atoms with E-state index in [9.17, 15) is 0 Å². The van der Waals surface area contributed by atoms with Gasteiger partial charge in [-0.1, -0.05) is 5.16 Å². The van der Waals surface area contributed by atoms with Crippen molar-refractivity contribution in [3.63, 3.8) is 0 Å². The first-order valence-corrected chi connectivity index (χ1v) is 5.65. The Bertz CT molecular complexity index is 435. The number of rotatable bonds is 4. The lowest BCUT2D eigenvalue weighted by molar-refractivity contribution is 0.369. The third kappa shape index (κ3) is 2.64. The van der Waals surface area contributed by atoms with Gasteiger partial charge in [0.15, 0.2) is 5.76 Å². The molecule has 0 fully saturated rings. The van der Waals surface area contributed by atoms with Gasteiger partial charge in [-0.25, -0.2) is 4.98 Å². The third-order valence-electron chi connectivity index (χ3n) is 2.11. The Morgan fingerprint density at radius 1 is 1.40 bits per heavy atom. The molecule has 2 rings (SSSR count). The van der Waals surface area contributed by atoms with Gasteiger partial charge < -0.3 is 9.84 Å². The maximum atomic E-state index is 5.09. The predicted molar refractivity (Wildman–Crippen MR) is 58.6 cm³/mol. The van der Waals surface area contributed by atoms with Crippen LogP contribution in [0.15, 0.2) is 16.1 Å². The fourth-order valence-electron chi connectivity index (χ4n) is 1.29. The lowest BCUT2D eigenvalue weighted by atomic mass is 10.3. The lowest BCUT2D eigenvalue weighted by Crippen LogP contribution is -2.11. The van der Waals surface area contributed by atoms with Gasteiger partial charge in [0, 0.05) is 17.5 Å². The fraction of sp³-hybridized carbons (Fsp3) is 0.400. The van der Waals surface area contributed by atoms with Crippen molar-refractivity contribution in [2.45, 2.75) is 26.9 Å². The van der Waals surface area contributed by atoms with Crippen molar-refractivity contribution in [3.8, 4) is 0 Å². The fourth-order valence-corrected chi connectivity index (χ4v) is 2.04. The minimum atomic E-state index is 0.707. The Labute approximate surface area is 92.3 Å². The van der Waals surface area contributed by atoms with Gasteiger partial charge in [-0.05, 0) is 13.8 Å². The second-order valence-electron chi connectivity index (χ2n) is 3.40. The molecule has 2 aromatic heterocycles. The van der Waals surface area contributed by atoms with E-state index in [0.717, 1.165) is 23.7 Å². The summed E-state index contributed by atoms with van der Waals surface area (Å²) in [5.74, 6) is 0.870. The Balaban J connectivity index is 1.83. The van der Waals surface area contributed by atoms with Crippen molar-refractivity contribution >= 4 is 11.3 Å². The standard InChI is InChI=1S/C10H13N3OS/c1-7-3-9(14-13-7)4-11-5-10-8(2)12-6-15-10/h3,6,11H,4-5H2,1-2H3. The minimum Gasteiger partial charge on any atom is -0.360 e. The Hall–Kier alpha value is -1.20. The van der Waals surface area contributed by atoms with Gasteiger partial charge in [0.2, 0.25) is 0 Å². The molecule has 1 N–H and O–H groups in total. The SMILES string of the molecule is Cc1cc(CNCc2scnc2C)on1. The molecule has 0 atom stereocenters. The summed E-state index contributed by atoms with van der Waals surface area (Å²) in [6, 6.07) is 1.94. The van der Waals surface area contributed by atoms with E-state index in [4.69, 9.17) is 4.52 Å². The molecule has 0 saturated carbocycles. The van der Waals surface area contributed by atoms with Crippen LogP contribution in [0.5, 0.6) is 0 Å². The van der Waals surface area contributed by atoms with Crippen LogP contribution in [0.25, 0.3) is 0 Å². The van der Waals surface area contributed by atoms with E-state index in [-0.39, 0.29) is 0 Å². The van der Waals surface area contributed by atoms with E-state index in [0.29, 0.717) is 6.54 Å². The first-order chi connectivity index (χ1) is 7.25. The largest absolute Gasteiger partial charge is 0.360 e. The quantitative estimate of drug-likeness (QED) is 0.861. The van der Waals surface area contributed by atoms with Crippen LogP contribution in [0.2, 0.25) is 0 Å². The summed E-state index contributed by atoms with van der Waals surface area (Å²) < 4.78 is 5.09. The normalized spacial score (nSPS) is 10.8. The van der Waals surface area contributed by atoms with Crippen LogP contribution in [0.4, 0.5) is 0 Å². The summed E-state index contributed by atoms with van der Waals surface area (Å²) in [5.41, 5.74) is 3.88. The molecule has 4 nitrogen and oxygen atoms in total. The zero-order valence-corrected chi connectivity index (χ0v) is 9.60. The van der Waals surface area contributed by atoms with Crippen molar-refractivity contribution in [1.82, 2.24) is 15.5 Å². The predicted octanol–water partition coefficient (Wildman–Crippen LogP) is 2.04. The second-order valence-corrected chi connectivity index (χ2v) is 4.34. The van der Waals surface area contributed by atoms with E-state index in [2.05, 4.69) is 15.5 Å². The highest BCUT2D eigenvalue weighted by atomic mass is 32.1. The minimum absolute atomic E-state index is 0.707. The van der Waals surface area contributed by atoms with Gasteiger partial charge in [-0.3, -0.25) is 0 Å². The number of hydrogen-bond donors (Lipinski definition) is 1. The summed E-state index contributed by atoms with van der Waals surface area (Å²) in [5, 5.41) is 7.12. The molecule has 0 aliphatic rings. The third-order valence-corrected chi connectivity index (χ3v) is 3.04. The molecule has 0 aliphatic carbocycles. The summed E-state index contributed by atoms with van der Waals surface area (Å²) in [7, 11) is 0. The maximum absolute atomic E-state index is 5.09. The highest BCUT2D eigenvalue weighted by molar-refractivity contribution is 7.09. The van der Waals surface area contributed by atoms with Crippen LogP contribution in [0, 0.1) is 13.8 Å². The maximum Gasteiger partial charge on any atom is 0.150 e. The highest BCUT2D eigenvalue weighted by Gasteiger charge is 2.02. The molecule has 0 bridgehead atoms. The molecule has 0 aromatic carbocycles. The van der Waals surface area contributed by atoms with E-state index in [1.54, 1.807) is 11.3 Å². The van der Waals surface area contributed by atoms with Crippen LogP contribution in [0.1, 0.15) is 22.0 Å². The molecule has 80 valence electrons. The molecule has 5 heteroatoms. The molecule has 2 aromatic rings. The van der Waals surface area contributed by atoms with Gasteiger partial charge in [0.1, 0.15) is 0 Å². The monoisotopic (exact) mass is 223 g/mol. The first-order valence-electron chi connectivity index (χ1n) is 4.77. The van der Waals surface area contributed by atoms with E-state index in [1.165, 1.54) is 4.88 Å². The van der Waals surface area contributed by atoms with Gasteiger partial charge in [0.25, 0.3) is 0 Å². The van der Waals surface area contributed by atoms with E-state index < -0.39 is 0 Å². The Morgan fingerprint density at radius 2 is 2.27 bits per heavy atom. The van der Waals surface area contributed by atoms with Crippen LogP contribution in [-0.2, 0) is 13.1 Å². The van der Waals surface area contributed by atoms with Crippen LogP contribution in [-0.4, -0.2) is 10.1 Å². The van der Waals surface area contributed by atoms with E-state index in [1.807, 2.05) is 25.4 Å². The smallest absolute Gasteiger partial charge is 0.150 e. The summed E-state index contributed by atoms with van der Waals surface area (Å²) in [4.78, 5) is 5.46. The van der Waals surface area contributed by atoms with Crippen LogP contribution >= 0.6 is 11.3 Å². The van der Waals surface area contributed by atoms with Crippen molar-refractivity contribution in [3.05, 3.63) is 33.6 Å². The van der Waals surface area contributed by atoms with Crippen LogP contribution in [0.3, 0.4) is 0 Å². The average Bonchev–Trinajstić information content (AvgIpc) is 2.77. The number of thiazole rings is 1. The summed E-state index contributed by atoms with van der Waals surface area (Å²) in [6.45, 7) is 5.47. The molecule has 15 heavy (non-hydrogen) atoms. The molecular formula is C10H13N3OS. The molecule has 0 spiro atoms. The van der Waals surface area contributed by atoms with Gasteiger partial charge in [0.05, 0.1) is 23.4 Å². The van der Waals surface area contributed by atoms with Crippen molar-refractivity contribution in [2.75, 3.05) is 0 Å². The number of aryl methyl sites for hydroxylation is 2. The molecule has 0 aliphatic heterocycles. The summed E-state index contributed by atoms with van der Waals surface area (Å²) in [6.07, 6.45) is 0. The first kappa shape index (κ1) is 10.3. The van der Waals surface area contributed by atoms with Crippen molar-refractivity contribution in [2.24, 2.45) is 0 Å². The lowest BCUT2D eigenvalue weighted by Gasteiger charge is -1.99.